The monoisotopic (exact) mass is 445 g/mol. The van der Waals surface area contributed by atoms with Gasteiger partial charge in [0.1, 0.15) is 5.82 Å². The number of aromatic nitrogens is 2. The van der Waals surface area contributed by atoms with Gasteiger partial charge in [-0.3, -0.25) is 14.6 Å². The number of nitrogens with one attached hydrogen (secondary N) is 2. The zero-order valence-electron chi connectivity index (χ0n) is 19.5. The fourth-order valence-electron chi connectivity index (χ4n) is 5.69. The van der Waals surface area contributed by atoms with Gasteiger partial charge in [-0.1, -0.05) is 37.5 Å². The molecule has 1 aliphatic heterocycles. The van der Waals surface area contributed by atoms with Gasteiger partial charge in [-0.15, -0.1) is 0 Å². The van der Waals surface area contributed by atoms with Crippen molar-refractivity contribution < 1.29 is 4.79 Å². The lowest BCUT2D eigenvalue weighted by atomic mass is 9.88. The molecule has 6 heteroatoms. The lowest BCUT2D eigenvalue weighted by molar-refractivity contribution is -0.123. The fourth-order valence-corrected chi connectivity index (χ4v) is 5.69. The number of fused-ring (bicyclic) bond motifs is 1. The first-order chi connectivity index (χ1) is 16.2. The van der Waals surface area contributed by atoms with Gasteiger partial charge in [0, 0.05) is 67.5 Å². The second-order valence-corrected chi connectivity index (χ2v) is 9.58. The van der Waals surface area contributed by atoms with Crippen molar-refractivity contribution in [1.29, 1.82) is 0 Å². The smallest absolute Gasteiger partial charge is 0.231 e. The molecular formula is C27H35N5O. The van der Waals surface area contributed by atoms with E-state index in [9.17, 15) is 4.79 Å². The van der Waals surface area contributed by atoms with Gasteiger partial charge in [-0.05, 0) is 49.6 Å². The van der Waals surface area contributed by atoms with E-state index in [1.165, 1.54) is 22.9 Å². The van der Waals surface area contributed by atoms with E-state index < -0.39 is 0 Å². The van der Waals surface area contributed by atoms with E-state index in [2.05, 4.69) is 51.4 Å². The highest BCUT2D eigenvalue weighted by molar-refractivity contribution is 5.94. The van der Waals surface area contributed by atoms with E-state index in [1.54, 1.807) is 6.20 Å². The number of carbonyl (C=O) groups is 1. The van der Waals surface area contributed by atoms with Gasteiger partial charge in [-0.25, -0.2) is 4.98 Å². The number of piperazine rings is 1. The Balaban J connectivity index is 1.41. The summed E-state index contributed by atoms with van der Waals surface area (Å²) in [6, 6.07) is 14.9. The van der Waals surface area contributed by atoms with Crippen LogP contribution in [0.5, 0.6) is 0 Å². The molecule has 2 fully saturated rings. The summed E-state index contributed by atoms with van der Waals surface area (Å²) in [6.07, 6.45) is 9.37. The van der Waals surface area contributed by atoms with Crippen LogP contribution in [0.15, 0.2) is 54.9 Å². The summed E-state index contributed by atoms with van der Waals surface area (Å²) in [5.74, 6) is 1.15. The molecule has 1 unspecified atom stereocenters. The minimum atomic E-state index is 0.0420. The molecule has 6 nitrogen and oxygen atoms in total. The third-order valence-electron chi connectivity index (χ3n) is 7.37. The third kappa shape index (κ3) is 4.68. The van der Waals surface area contributed by atoms with E-state index in [0.717, 1.165) is 57.7 Å². The number of carbonyl (C=O) groups excluding carboxylic acids is 1. The van der Waals surface area contributed by atoms with Gasteiger partial charge in [-0.2, -0.15) is 0 Å². The number of hydrogen-bond donors (Lipinski definition) is 2. The molecule has 0 radical (unpaired) electrons. The summed E-state index contributed by atoms with van der Waals surface area (Å²) < 4.78 is 0. The first kappa shape index (κ1) is 22.1. The normalized spacial score (nSPS) is 21.2. The highest BCUT2D eigenvalue weighted by Gasteiger charge is 2.33. The van der Waals surface area contributed by atoms with Crippen molar-refractivity contribution in [2.45, 2.75) is 51.1 Å². The molecule has 1 saturated carbocycles. The number of amides is 1. The fraction of sp³-hybridized carbons (Fsp3) is 0.481. The van der Waals surface area contributed by atoms with E-state index in [0.29, 0.717) is 0 Å². The van der Waals surface area contributed by atoms with Gasteiger partial charge in [0.05, 0.1) is 0 Å². The third-order valence-corrected chi connectivity index (χ3v) is 7.37. The van der Waals surface area contributed by atoms with Gasteiger partial charge in [0.2, 0.25) is 5.91 Å². The molecule has 0 bridgehead atoms. The average molecular weight is 446 g/mol. The quantitative estimate of drug-likeness (QED) is 0.586. The van der Waals surface area contributed by atoms with Crippen LogP contribution < -0.4 is 10.2 Å². The molecule has 1 aromatic carbocycles. The lowest BCUT2D eigenvalue weighted by Gasteiger charge is -2.41. The van der Waals surface area contributed by atoms with Crippen LogP contribution >= 0.6 is 0 Å². The summed E-state index contributed by atoms with van der Waals surface area (Å²) in [7, 11) is 0. The Kier molecular flexibility index (Phi) is 6.74. The number of nitrogens with zero attached hydrogens (tertiary/aromatic N) is 3. The second-order valence-electron chi connectivity index (χ2n) is 9.58. The predicted molar refractivity (Wildman–Crippen MR) is 133 cm³/mol. The molecule has 1 aliphatic carbocycles. The lowest BCUT2D eigenvalue weighted by Crippen LogP contribution is -2.53. The molecule has 5 rings (SSSR count). The zero-order chi connectivity index (χ0) is 22.6. The summed E-state index contributed by atoms with van der Waals surface area (Å²) in [6.45, 7) is 5.85. The molecular weight excluding hydrogens is 410 g/mol. The van der Waals surface area contributed by atoms with Crippen molar-refractivity contribution in [2.75, 3.05) is 31.1 Å². The number of benzene rings is 1. The number of pyridine rings is 1. The molecule has 0 spiro atoms. The molecule has 2 N–H and O–H groups in total. The number of H-pyrrole nitrogens is 1. The van der Waals surface area contributed by atoms with E-state index in [-0.39, 0.29) is 23.9 Å². The summed E-state index contributed by atoms with van der Waals surface area (Å²) in [4.78, 5) is 26.2. The van der Waals surface area contributed by atoms with Gasteiger partial charge >= 0.3 is 0 Å². The van der Waals surface area contributed by atoms with Crippen LogP contribution in [-0.2, 0) is 4.79 Å². The highest BCUT2D eigenvalue weighted by Crippen LogP contribution is 2.31. The van der Waals surface area contributed by atoms with Crippen LogP contribution in [0.25, 0.3) is 10.9 Å². The van der Waals surface area contributed by atoms with Crippen molar-refractivity contribution in [2.24, 2.45) is 5.92 Å². The Labute approximate surface area is 196 Å². The van der Waals surface area contributed by atoms with Crippen molar-refractivity contribution >= 4 is 22.6 Å². The standard InChI is InChI=1S/C27H35N5O/c1-20(32(26-12-5-6-14-30-26)27(33)21-8-3-2-4-9-21)19-31-17-16-28-18-25(31)23-10-7-11-24-22(23)13-15-29-24/h5-7,10-15,20-21,25,28-29H,2-4,8-9,16-19H2,1H3/t20?,25-/m0/s1. The Hall–Kier alpha value is -2.70. The topological polar surface area (TPSA) is 64.3 Å². The van der Waals surface area contributed by atoms with Crippen LogP contribution in [0.2, 0.25) is 0 Å². The SMILES string of the molecule is CC(CN1CCNC[C@H]1c1cccc2[nH]ccc12)N(C(=O)C1CCCCC1)c1ccccn1. The molecule has 3 aromatic rings. The van der Waals surface area contributed by atoms with Crippen LogP contribution in [0.1, 0.15) is 50.6 Å². The Morgan fingerprint density at radius 2 is 2.03 bits per heavy atom. The van der Waals surface area contributed by atoms with Gasteiger partial charge < -0.3 is 10.3 Å². The summed E-state index contributed by atoms with van der Waals surface area (Å²) >= 11 is 0. The number of hydrogen-bond acceptors (Lipinski definition) is 4. The molecule has 2 atom stereocenters. The maximum Gasteiger partial charge on any atom is 0.231 e. The van der Waals surface area contributed by atoms with Gasteiger partial charge in [0.15, 0.2) is 0 Å². The Morgan fingerprint density at radius 3 is 2.85 bits per heavy atom. The number of anilines is 1. The minimum Gasteiger partial charge on any atom is -0.361 e. The van der Waals surface area contributed by atoms with E-state index in [4.69, 9.17) is 0 Å². The van der Waals surface area contributed by atoms with Crippen molar-refractivity contribution in [3.8, 4) is 0 Å². The molecule has 2 aliphatic rings. The summed E-state index contributed by atoms with van der Waals surface area (Å²) in [5, 5.41) is 4.87. The zero-order valence-corrected chi connectivity index (χ0v) is 19.5. The molecule has 1 saturated heterocycles. The average Bonchev–Trinajstić information content (AvgIpc) is 3.35. The van der Waals surface area contributed by atoms with E-state index >= 15 is 0 Å². The van der Waals surface area contributed by atoms with E-state index in [1.807, 2.05) is 29.3 Å². The van der Waals surface area contributed by atoms with Crippen LogP contribution in [0.4, 0.5) is 5.82 Å². The van der Waals surface area contributed by atoms with Gasteiger partial charge in [0.25, 0.3) is 0 Å². The number of aromatic amines is 1. The predicted octanol–water partition coefficient (Wildman–Crippen LogP) is 4.51. The van der Waals surface area contributed by atoms with Crippen molar-refractivity contribution in [3.63, 3.8) is 0 Å². The molecule has 3 heterocycles. The molecule has 2 aromatic heterocycles. The van der Waals surface area contributed by atoms with Crippen molar-refractivity contribution in [1.82, 2.24) is 20.2 Å². The Bertz CT molecular complexity index is 1060. The minimum absolute atomic E-state index is 0.0420. The van der Waals surface area contributed by atoms with Crippen LogP contribution in [-0.4, -0.2) is 53.0 Å². The highest BCUT2D eigenvalue weighted by atomic mass is 16.2. The second kappa shape index (κ2) is 10.1. The Morgan fingerprint density at radius 1 is 1.15 bits per heavy atom. The van der Waals surface area contributed by atoms with Crippen molar-refractivity contribution in [3.05, 3.63) is 60.4 Å². The molecule has 33 heavy (non-hydrogen) atoms. The maximum absolute atomic E-state index is 13.7. The number of rotatable bonds is 6. The first-order valence-corrected chi connectivity index (χ1v) is 12.5. The maximum atomic E-state index is 13.7. The van der Waals surface area contributed by atoms with Crippen LogP contribution in [0.3, 0.4) is 0 Å². The molecule has 174 valence electrons. The molecule has 1 amide bonds. The van der Waals surface area contributed by atoms with Crippen LogP contribution in [0, 0.1) is 5.92 Å². The summed E-state index contributed by atoms with van der Waals surface area (Å²) in [5.41, 5.74) is 2.52. The first-order valence-electron chi connectivity index (χ1n) is 12.5. The largest absolute Gasteiger partial charge is 0.361 e.